The monoisotopic (exact) mass is 379 g/mol. The smallest absolute Gasteiger partial charge is 1.00 e. The van der Waals surface area contributed by atoms with Gasteiger partial charge in [0.15, 0.2) is 0 Å². The second-order valence-corrected chi connectivity index (χ2v) is 2.16. The maximum Gasteiger partial charge on any atom is 1.00 e. The van der Waals surface area contributed by atoms with Crippen LogP contribution in [0.5, 0.6) is 0 Å². The third-order valence-corrected chi connectivity index (χ3v) is 1.38. The van der Waals surface area contributed by atoms with E-state index in [0.29, 0.717) is 0 Å². The van der Waals surface area contributed by atoms with E-state index in [2.05, 4.69) is 6.58 Å². The van der Waals surface area contributed by atoms with Crippen LogP contribution in [0.1, 0.15) is 5.56 Å². The van der Waals surface area contributed by atoms with Crippen molar-refractivity contribution in [3.05, 3.63) is 48.6 Å². The fourth-order valence-electron chi connectivity index (χ4n) is 0.813. The van der Waals surface area contributed by atoms with Crippen molar-refractivity contribution in [1.29, 1.82) is 0 Å². The van der Waals surface area contributed by atoms with E-state index in [1.54, 1.807) is 0 Å². The number of halogens is 1. The summed E-state index contributed by atoms with van der Waals surface area (Å²) < 4.78 is 0. The van der Waals surface area contributed by atoms with Crippen LogP contribution in [0, 0.1) is 0 Å². The molecule has 0 aliphatic heterocycles. The molecule has 3 heteroatoms. The maximum atomic E-state index is 8.33. The van der Waals surface area contributed by atoms with Crippen molar-refractivity contribution in [3.8, 4) is 0 Å². The first-order valence-electron chi connectivity index (χ1n) is 3.32. The van der Waals surface area contributed by atoms with Crippen molar-refractivity contribution in [2.75, 3.05) is 0 Å². The van der Waals surface area contributed by atoms with E-state index in [4.69, 9.17) is 5.41 Å². The van der Waals surface area contributed by atoms with E-state index in [9.17, 15) is 0 Å². The van der Waals surface area contributed by atoms with Crippen LogP contribution in [-0.4, -0.2) is 5.87 Å². The molecule has 0 atom stereocenters. The van der Waals surface area contributed by atoms with Gasteiger partial charge in [-0.25, -0.2) is 0 Å². The minimum atomic E-state index is 0. The van der Waals surface area contributed by atoms with Crippen LogP contribution in [0.3, 0.4) is 0 Å². The van der Waals surface area contributed by atoms with Gasteiger partial charge in [0.25, 0.3) is 0 Å². The molecule has 0 heterocycles. The molecule has 1 rings (SSSR count). The Bertz CT molecular complexity index is 302. The summed E-state index contributed by atoms with van der Waals surface area (Å²) in [7, 11) is 0. The summed E-state index contributed by atoms with van der Waals surface area (Å²) >= 11 is 0. The molecule has 1 nitrogen and oxygen atoms in total. The van der Waals surface area contributed by atoms with Gasteiger partial charge >= 0.3 is 27.7 Å². The number of rotatable bonds is 2. The molecule has 0 spiro atoms. The van der Waals surface area contributed by atoms with Crippen molar-refractivity contribution in [3.63, 3.8) is 0 Å². The van der Waals surface area contributed by atoms with Gasteiger partial charge in [-0.2, -0.15) is 0 Å². The molecule has 0 unspecified atom stereocenters. The van der Waals surface area contributed by atoms with Gasteiger partial charge in [-0.15, -0.1) is 0 Å². The second-order valence-electron chi connectivity index (χ2n) is 2.16. The Balaban J connectivity index is 0. The van der Waals surface area contributed by atoms with Crippen molar-refractivity contribution in [1.82, 2.24) is 5.41 Å². The van der Waals surface area contributed by atoms with Gasteiger partial charge in [-0.1, -0.05) is 42.3 Å². The van der Waals surface area contributed by atoms with Crippen LogP contribution in [-0.2, 0) is 27.7 Å². The summed E-state index contributed by atoms with van der Waals surface area (Å²) in [4.78, 5) is 0. The normalized spacial score (nSPS) is 7.08. The quantitative estimate of drug-likeness (QED) is 0.348. The van der Waals surface area contributed by atoms with E-state index in [1.807, 2.05) is 36.2 Å². The predicted octanol–water partition coefficient (Wildman–Crippen LogP) is -1.27. The molecular formula is C10H8ClHgN. The predicted molar refractivity (Wildman–Crippen MR) is 47.2 cm³/mol. The van der Waals surface area contributed by atoms with Gasteiger partial charge in [-0.3, -0.25) is 0 Å². The fourth-order valence-corrected chi connectivity index (χ4v) is 0.813. The molecule has 0 bridgehead atoms. The summed E-state index contributed by atoms with van der Waals surface area (Å²) in [5.74, 6) is 1.94. The number of nitrogens with zero attached hydrogens (tertiary/aromatic N) is 1. The summed E-state index contributed by atoms with van der Waals surface area (Å²) in [6.45, 7) is 3.74. The topological polar surface area (TPSA) is 22.3 Å². The molecule has 1 aromatic carbocycles. The zero-order valence-electron chi connectivity index (χ0n) is 7.20. The molecule has 0 saturated heterocycles. The Morgan fingerprint density at radius 3 is 2.31 bits per heavy atom. The van der Waals surface area contributed by atoms with E-state index >= 15 is 0 Å². The van der Waals surface area contributed by atoms with Crippen molar-refractivity contribution >= 4 is 11.4 Å². The molecule has 0 aliphatic rings. The zero-order valence-corrected chi connectivity index (χ0v) is 13.5. The van der Waals surface area contributed by atoms with E-state index in [1.165, 1.54) is 6.08 Å². The summed E-state index contributed by atoms with van der Waals surface area (Å²) in [5.41, 5.74) is 1.75. The molecule has 1 aromatic rings. The third-order valence-electron chi connectivity index (χ3n) is 1.38. The van der Waals surface area contributed by atoms with E-state index in [0.717, 1.165) is 11.1 Å². The molecule has 62 valence electrons. The fraction of sp³-hybridized carbons (Fsp3) is 0. The first-order chi connectivity index (χ1) is 5.34. The Hall–Kier alpha value is -0.365. The second kappa shape index (κ2) is 8.24. The minimum Gasteiger partial charge on any atom is -1.00 e. The van der Waals surface area contributed by atoms with Gasteiger partial charge in [0.2, 0.25) is 0 Å². The van der Waals surface area contributed by atoms with Gasteiger partial charge < -0.3 is 12.4 Å². The summed E-state index contributed by atoms with van der Waals surface area (Å²) in [6, 6.07) is 9.63. The van der Waals surface area contributed by atoms with E-state index < -0.39 is 0 Å². The summed E-state index contributed by atoms with van der Waals surface area (Å²) in [6.07, 6.45) is 1.44. The van der Waals surface area contributed by atoms with Crippen molar-refractivity contribution in [2.24, 2.45) is 0 Å². The van der Waals surface area contributed by atoms with Crippen LogP contribution in [0.4, 0.5) is 0 Å². The Morgan fingerprint density at radius 2 is 1.85 bits per heavy atom. The number of hydrogen-bond donors (Lipinski definition) is 0. The van der Waals surface area contributed by atoms with Crippen LogP contribution in [0.2, 0.25) is 0 Å². The molecule has 0 aliphatic carbocycles. The zero-order chi connectivity index (χ0) is 8.10. The van der Waals surface area contributed by atoms with Crippen molar-refractivity contribution < 1.29 is 40.1 Å². The SMILES string of the molecule is C=C(C=C=[N])c1ccccc1.[Cl-].[Hg+]. The molecule has 2 radical (unpaired) electrons. The maximum absolute atomic E-state index is 8.33. The molecule has 0 fully saturated rings. The molecular weight excluding hydrogens is 370 g/mol. The molecule has 0 aromatic heterocycles. The van der Waals surface area contributed by atoms with Crippen LogP contribution in [0.25, 0.3) is 5.57 Å². The minimum absolute atomic E-state index is 0. The van der Waals surface area contributed by atoms with E-state index in [-0.39, 0.29) is 40.1 Å². The average Bonchev–Trinajstić information content (AvgIpc) is 2.07. The van der Waals surface area contributed by atoms with Crippen LogP contribution < -0.4 is 17.8 Å². The largest absolute Gasteiger partial charge is 1.00 e. The number of allylic oxidation sites excluding steroid dienone is 2. The Morgan fingerprint density at radius 1 is 1.31 bits per heavy atom. The van der Waals surface area contributed by atoms with Crippen LogP contribution in [0.15, 0.2) is 43.0 Å². The Labute approximate surface area is 105 Å². The first kappa shape index (κ1) is 15.1. The first-order valence-corrected chi connectivity index (χ1v) is 3.32. The van der Waals surface area contributed by atoms with Gasteiger partial charge in [-0.05, 0) is 11.1 Å². The van der Waals surface area contributed by atoms with Gasteiger partial charge in [0.1, 0.15) is 0 Å². The molecule has 0 amide bonds. The number of benzene rings is 1. The third kappa shape index (κ3) is 5.04. The van der Waals surface area contributed by atoms with Crippen LogP contribution >= 0.6 is 0 Å². The van der Waals surface area contributed by atoms with Gasteiger partial charge in [0, 0.05) is 11.9 Å². The van der Waals surface area contributed by atoms with Crippen molar-refractivity contribution in [2.45, 2.75) is 0 Å². The molecule has 0 N–H and O–H groups in total. The average molecular weight is 378 g/mol. The molecule has 0 saturated carbocycles. The number of hydrogen-bond acceptors (Lipinski definition) is 0. The van der Waals surface area contributed by atoms with Gasteiger partial charge in [0.05, 0.1) is 0 Å². The standard InChI is InChI=1S/C10H8N.ClH.Hg/c1-9(7-8-11)10-5-3-2-4-6-10;;/h2-7H,1H2;1H;/q;;+1/p-1. The Kier molecular flexibility index (Phi) is 9.59. The summed E-state index contributed by atoms with van der Waals surface area (Å²) in [5, 5.41) is 8.33. The molecule has 13 heavy (non-hydrogen) atoms.